The molecule has 0 aliphatic heterocycles. The number of nitrogens with one attached hydrogen (secondary N) is 2. The zero-order valence-corrected chi connectivity index (χ0v) is 13.2. The molecule has 0 saturated carbocycles. The van der Waals surface area contributed by atoms with Gasteiger partial charge in [-0.15, -0.1) is 0 Å². The van der Waals surface area contributed by atoms with Crippen LogP contribution < -0.4 is 10.6 Å². The molecule has 2 N–H and O–H groups in total. The molecule has 1 heterocycles. The van der Waals surface area contributed by atoms with Gasteiger partial charge in [0.15, 0.2) is 0 Å². The van der Waals surface area contributed by atoms with Crippen LogP contribution in [0.1, 0.15) is 42.2 Å². The Morgan fingerprint density at radius 1 is 1.14 bits per heavy atom. The highest BCUT2D eigenvalue weighted by atomic mass is 16.1. The van der Waals surface area contributed by atoms with E-state index in [9.17, 15) is 4.79 Å². The summed E-state index contributed by atoms with van der Waals surface area (Å²) < 4.78 is 0. The van der Waals surface area contributed by atoms with Crippen molar-refractivity contribution in [2.75, 3.05) is 17.2 Å². The molecule has 4 heteroatoms. The topological polar surface area (TPSA) is 54.0 Å². The highest BCUT2D eigenvalue weighted by molar-refractivity contribution is 6.02. The van der Waals surface area contributed by atoms with E-state index in [2.05, 4.69) is 22.5 Å². The molecule has 0 radical (unpaired) electrons. The van der Waals surface area contributed by atoms with Gasteiger partial charge in [-0.3, -0.25) is 4.79 Å². The maximum atomic E-state index is 12.1. The summed E-state index contributed by atoms with van der Waals surface area (Å²) in [5, 5.41) is 6.17. The van der Waals surface area contributed by atoms with Gasteiger partial charge in [0.25, 0.3) is 5.91 Å². The van der Waals surface area contributed by atoms with Crippen LogP contribution in [-0.4, -0.2) is 17.4 Å². The molecule has 4 nitrogen and oxygen atoms in total. The molecule has 1 amide bonds. The average Bonchev–Trinajstić information content (AvgIpc) is 2.52. The number of unbranched alkanes of at least 4 members (excludes halogenated alkanes) is 2. The fourth-order valence-corrected chi connectivity index (χ4v) is 2.16. The van der Waals surface area contributed by atoms with Crippen molar-refractivity contribution in [2.45, 2.75) is 33.1 Å². The van der Waals surface area contributed by atoms with Crippen molar-refractivity contribution in [1.29, 1.82) is 0 Å². The minimum Gasteiger partial charge on any atom is -0.384 e. The third-order valence-electron chi connectivity index (χ3n) is 3.38. The van der Waals surface area contributed by atoms with Crippen molar-refractivity contribution in [2.24, 2.45) is 0 Å². The molecule has 0 fully saturated rings. The second-order valence-corrected chi connectivity index (χ2v) is 5.39. The summed E-state index contributed by atoms with van der Waals surface area (Å²) >= 11 is 0. The van der Waals surface area contributed by atoms with Gasteiger partial charge in [0, 0.05) is 12.2 Å². The minimum absolute atomic E-state index is 0.192. The minimum atomic E-state index is -0.192. The van der Waals surface area contributed by atoms with Crippen LogP contribution in [0.4, 0.5) is 11.4 Å². The molecule has 2 aromatic rings. The van der Waals surface area contributed by atoms with Crippen LogP contribution >= 0.6 is 0 Å². The fraction of sp³-hybridized carbons (Fsp3) is 0.333. The fourth-order valence-electron chi connectivity index (χ4n) is 2.16. The van der Waals surface area contributed by atoms with Crippen molar-refractivity contribution in [3.63, 3.8) is 0 Å². The van der Waals surface area contributed by atoms with E-state index in [1.54, 1.807) is 12.3 Å². The number of anilines is 2. The van der Waals surface area contributed by atoms with Gasteiger partial charge in [0.2, 0.25) is 0 Å². The predicted octanol–water partition coefficient (Wildman–Crippen LogP) is 4.24. The van der Waals surface area contributed by atoms with E-state index < -0.39 is 0 Å². The van der Waals surface area contributed by atoms with Gasteiger partial charge < -0.3 is 10.6 Å². The molecule has 2 rings (SSSR count). The number of pyridine rings is 1. The summed E-state index contributed by atoms with van der Waals surface area (Å²) in [6.45, 7) is 5.11. The second kappa shape index (κ2) is 8.17. The molecule has 0 aliphatic rings. The van der Waals surface area contributed by atoms with Crippen LogP contribution in [0.5, 0.6) is 0 Å². The van der Waals surface area contributed by atoms with E-state index in [1.165, 1.54) is 12.8 Å². The number of amides is 1. The molecule has 0 aliphatic carbocycles. The highest BCUT2D eigenvalue weighted by Crippen LogP contribution is 2.12. The quantitative estimate of drug-likeness (QED) is 0.751. The van der Waals surface area contributed by atoms with Crippen LogP contribution in [0.3, 0.4) is 0 Å². The van der Waals surface area contributed by atoms with Gasteiger partial charge >= 0.3 is 0 Å². The molecule has 0 saturated heterocycles. The second-order valence-electron chi connectivity index (χ2n) is 5.39. The van der Waals surface area contributed by atoms with Crippen LogP contribution in [0.2, 0.25) is 0 Å². The number of aromatic nitrogens is 1. The standard InChI is InChI=1S/C18H23N3O/c1-3-4-5-11-19-16-9-10-17(20-13-16)18(22)21-15-8-6-7-14(2)12-15/h6-10,12-13,19H,3-5,11H2,1-2H3,(H,21,22). The summed E-state index contributed by atoms with van der Waals surface area (Å²) in [6.07, 6.45) is 5.28. The number of rotatable bonds is 7. The van der Waals surface area contributed by atoms with E-state index in [-0.39, 0.29) is 5.91 Å². The molecule has 116 valence electrons. The Morgan fingerprint density at radius 2 is 2.00 bits per heavy atom. The van der Waals surface area contributed by atoms with Gasteiger partial charge in [-0.05, 0) is 43.2 Å². The molecule has 0 unspecified atom stereocenters. The monoisotopic (exact) mass is 297 g/mol. The average molecular weight is 297 g/mol. The summed E-state index contributed by atoms with van der Waals surface area (Å²) in [5.74, 6) is -0.192. The van der Waals surface area contributed by atoms with Crippen LogP contribution in [0, 0.1) is 6.92 Å². The van der Waals surface area contributed by atoms with Crippen molar-refractivity contribution in [1.82, 2.24) is 4.98 Å². The van der Waals surface area contributed by atoms with E-state index in [0.717, 1.165) is 29.9 Å². The largest absolute Gasteiger partial charge is 0.384 e. The molecule has 0 spiro atoms. The highest BCUT2D eigenvalue weighted by Gasteiger charge is 2.07. The molecule has 0 atom stereocenters. The lowest BCUT2D eigenvalue weighted by molar-refractivity contribution is 0.102. The van der Waals surface area contributed by atoms with Gasteiger partial charge in [0.05, 0.1) is 11.9 Å². The summed E-state index contributed by atoms with van der Waals surface area (Å²) in [7, 11) is 0. The lowest BCUT2D eigenvalue weighted by Gasteiger charge is -2.08. The first kappa shape index (κ1) is 16.0. The zero-order chi connectivity index (χ0) is 15.8. The Hall–Kier alpha value is -2.36. The molecule has 1 aromatic carbocycles. The molecule has 22 heavy (non-hydrogen) atoms. The van der Waals surface area contributed by atoms with Crippen molar-refractivity contribution >= 4 is 17.3 Å². The Bertz CT molecular complexity index is 608. The maximum absolute atomic E-state index is 12.1. The van der Waals surface area contributed by atoms with Gasteiger partial charge in [-0.25, -0.2) is 4.98 Å². The number of benzene rings is 1. The van der Waals surface area contributed by atoms with Crippen molar-refractivity contribution in [3.05, 3.63) is 53.9 Å². The van der Waals surface area contributed by atoms with E-state index in [4.69, 9.17) is 0 Å². The number of carbonyl (C=O) groups excluding carboxylic acids is 1. The molecule has 1 aromatic heterocycles. The third kappa shape index (κ3) is 4.88. The predicted molar refractivity (Wildman–Crippen MR) is 91.4 cm³/mol. The Kier molecular flexibility index (Phi) is 5.95. The lowest BCUT2D eigenvalue weighted by atomic mass is 10.2. The Morgan fingerprint density at radius 3 is 2.68 bits per heavy atom. The lowest BCUT2D eigenvalue weighted by Crippen LogP contribution is -2.13. The van der Waals surface area contributed by atoms with Crippen molar-refractivity contribution in [3.8, 4) is 0 Å². The first-order chi connectivity index (χ1) is 10.7. The van der Waals surface area contributed by atoms with Crippen LogP contribution in [0.15, 0.2) is 42.6 Å². The first-order valence-electron chi connectivity index (χ1n) is 7.77. The Labute approximate surface area is 132 Å². The normalized spacial score (nSPS) is 10.3. The van der Waals surface area contributed by atoms with Gasteiger partial charge in [0.1, 0.15) is 5.69 Å². The molecule has 0 bridgehead atoms. The SMILES string of the molecule is CCCCCNc1ccc(C(=O)Nc2cccc(C)c2)nc1. The first-order valence-corrected chi connectivity index (χ1v) is 7.77. The number of aryl methyl sites for hydroxylation is 1. The molecular formula is C18H23N3O. The maximum Gasteiger partial charge on any atom is 0.274 e. The number of hydrogen-bond acceptors (Lipinski definition) is 3. The smallest absolute Gasteiger partial charge is 0.274 e. The van der Waals surface area contributed by atoms with Crippen LogP contribution in [-0.2, 0) is 0 Å². The van der Waals surface area contributed by atoms with Gasteiger partial charge in [-0.2, -0.15) is 0 Å². The number of carbonyl (C=O) groups is 1. The van der Waals surface area contributed by atoms with E-state index in [1.807, 2.05) is 37.3 Å². The number of hydrogen-bond donors (Lipinski definition) is 2. The molecular weight excluding hydrogens is 274 g/mol. The summed E-state index contributed by atoms with van der Waals surface area (Å²) in [5.41, 5.74) is 3.26. The summed E-state index contributed by atoms with van der Waals surface area (Å²) in [6, 6.07) is 11.3. The van der Waals surface area contributed by atoms with E-state index in [0.29, 0.717) is 5.69 Å². The van der Waals surface area contributed by atoms with Crippen LogP contribution in [0.25, 0.3) is 0 Å². The summed E-state index contributed by atoms with van der Waals surface area (Å²) in [4.78, 5) is 16.4. The third-order valence-corrected chi connectivity index (χ3v) is 3.38. The number of nitrogens with zero attached hydrogens (tertiary/aromatic N) is 1. The van der Waals surface area contributed by atoms with E-state index >= 15 is 0 Å². The Balaban J connectivity index is 1.90. The zero-order valence-electron chi connectivity index (χ0n) is 13.2. The van der Waals surface area contributed by atoms with Crippen molar-refractivity contribution < 1.29 is 4.79 Å². The van der Waals surface area contributed by atoms with Gasteiger partial charge in [-0.1, -0.05) is 31.9 Å².